The van der Waals surface area contributed by atoms with E-state index in [9.17, 15) is 13.2 Å². The van der Waals surface area contributed by atoms with Gasteiger partial charge in [-0.1, -0.05) is 33.2 Å². The van der Waals surface area contributed by atoms with E-state index in [4.69, 9.17) is 9.66 Å². The van der Waals surface area contributed by atoms with Crippen LogP contribution in [0.3, 0.4) is 0 Å². The minimum atomic E-state index is -3.61. The van der Waals surface area contributed by atoms with Gasteiger partial charge >= 0.3 is 0 Å². The van der Waals surface area contributed by atoms with E-state index >= 15 is 0 Å². The first kappa shape index (κ1) is 16.2. The first-order valence-electron chi connectivity index (χ1n) is 6.85. The maximum absolute atomic E-state index is 12.1. The first-order chi connectivity index (χ1) is 10.8. The number of carbonyl (C=O) groups is 1. The fourth-order valence-electron chi connectivity index (χ4n) is 2.58. The molecule has 1 saturated heterocycles. The molecule has 9 heteroatoms. The zero-order chi connectivity index (χ0) is 16.6. The third-order valence-corrected chi connectivity index (χ3v) is 5.04. The molecule has 0 radical (unpaired) electrons. The van der Waals surface area contributed by atoms with Crippen LogP contribution in [0.4, 0.5) is 5.88 Å². The minimum Gasteiger partial charge on any atom is -0.338 e. The highest BCUT2D eigenvalue weighted by Gasteiger charge is 2.34. The maximum atomic E-state index is 12.1. The number of carbonyl (C=O) groups excluding carboxylic acids is 1. The molecule has 0 bridgehead atoms. The minimum absolute atomic E-state index is 0.130. The van der Waals surface area contributed by atoms with Gasteiger partial charge in [-0.25, -0.2) is 13.6 Å². The molecular formula is C14H14BrN3O4S. The number of nitrogens with zero attached hydrogens (tertiary/aromatic N) is 2. The van der Waals surface area contributed by atoms with Gasteiger partial charge in [0.25, 0.3) is 0 Å². The Hall–Kier alpha value is -1.71. The van der Waals surface area contributed by atoms with Gasteiger partial charge in [0, 0.05) is 35.0 Å². The summed E-state index contributed by atoms with van der Waals surface area (Å²) >= 11 is 3.36. The van der Waals surface area contributed by atoms with Gasteiger partial charge in [-0.05, 0) is 12.1 Å². The Kier molecular flexibility index (Phi) is 4.26. The molecule has 1 aromatic carbocycles. The van der Waals surface area contributed by atoms with Crippen molar-refractivity contribution < 1.29 is 17.7 Å². The van der Waals surface area contributed by atoms with Crippen LogP contribution in [-0.4, -0.2) is 31.8 Å². The number of rotatable bonds is 4. The van der Waals surface area contributed by atoms with E-state index in [1.54, 1.807) is 6.07 Å². The predicted molar refractivity (Wildman–Crippen MR) is 88.1 cm³/mol. The van der Waals surface area contributed by atoms with Crippen LogP contribution in [0.2, 0.25) is 0 Å². The third kappa shape index (κ3) is 3.80. The molecule has 1 aliphatic heterocycles. The normalized spacial score (nSPS) is 18.6. The maximum Gasteiger partial charge on any atom is 0.234 e. The number of halogens is 1. The molecule has 0 spiro atoms. The lowest BCUT2D eigenvalue weighted by Crippen LogP contribution is -2.27. The molecular weight excluding hydrogens is 386 g/mol. The number of amides is 1. The van der Waals surface area contributed by atoms with E-state index in [1.807, 2.05) is 24.3 Å². The Morgan fingerprint density at radius 2 is 2.04 bits per heavy atom. The van der Waals surface area contributed by atoms with Gasteiger partial charge in [0.2, 0.25) is 21.8 Å². The molecule has 1 atom stereocenters. The van der Waals surface area contributed by atoms with Crippen LogP contribution >= 0.6 is 15.9 Å². The van der Waals surface area contributed by atoms with Crippen molar-refractivity contribution in [2.45, 2.75) is 6.42 Å². The second-order valence-electron chi connectivity index (χ2n) is 5.46. The van der Waals surface area contributed by atoms with Crippen molar-refractivity contribution in [2.24, 2.45) is 11.1 Å². The Balaban J connectivity index is 1.78. The average molecular weight is 400 g/mol. The summed E-state index contributed by atoms with van der Waals surface area (Å²) in [6.45, 7) is 0.254. The van der Waals surface area contributed by atoms with E-state index in [0.717, 1.165) is 10.0 Å². The first-order valence-corrected chi connectivity index (χ1v) is 9.36. The van der Waals surface area contributed by atoms with Crippen LogP contribution in [0.5, 0.6) is 0 Å². The molecule has 0 aliphatic carbocycles. The molecule has 3 rings (SSSR count). The molecule has 2 N–H and O–H groups in total. The lowest BCUT2D eigenvalue weighted by molar-refractivity contribution is -0.117. The highest BCUT2D eigenvalue weighted by molar-refractivity contribution is 9.10. The Morgan fingerprint density at radius 3 is 2.70 bits per heavy atom. The van der Waals surface area contributed by atoms with E-state index < -0.39 is 10.0 Å². The largest absolute Gasteiger partial charge is 0.338 e. The Bertz CT molecular complexity index is 832. The van der Waals surface area contributed by atoms with E-state index in [1.165, 1.54) is 4.90 Å². The van der Waals surface area contributed by atoms with Gasteiger partial charge in [-0.2, -0.15) is 0 Å². The highest BCUT2D eigenvalue weighted by Crippen LogP contribution is 2.30. The number of hydrogen-bond donors (Lipinski definition) is 1. The Labute approximate surface area is 141 Å². The summed E-state index contributed by atoms with van der Waals surface area (Å²) in [7, 11) is -3.61. The summed E-state index contributed by atoms with van der Waals surface area (Å²) in [6, 6.07) is 9.18. The lowest BCUT2D eigenvalue weighted by Gasteiger charge is -2.11. The molecule has 122 valence electrons. The second kappa shape index (κ2) is 6.06. The smallest absolute Gasteiger partial charge is 0.234 e. The molecule has 1 unspecified atom stereocenters. The SMILES string of the molecule is NS(=O)(=O)CC1CC(=O)N(c2cc(-c3ccc(Br)cc3)no2)C1. The number of hydrogen-bond acceptors (Lipinski definition) is 5. The second-order valence-corrected chi connectivity index (χ2v) is 8.04. The van der Waals surface area contributed by atoms with Crippen molar-refractivity contribution in [3.63, 3.8) is 0 Å². The molecule has 7 nitrogen and oxygen atoms in total. The summed E-state index contributed by atoms with van der Waals surface area (Å²) in [4.78, 5) is 13.5. The molecule has 2 aromatic rings. The molecule has 23 heavy (non-hydrogen) atoms. The van der Waals surface area contributed by atoms with Crippen molar-refractivity contribution in [3.8, 4) is 11.3 Å². The summed E-state index contributed by atoms with van der Waals surface area (Å²) in [5.74, 6) is -0.441. The quantitative estimate of drug-likeness (QED) is 0.842. The van der Waals surface area contributed by atoms with E-state index in [2.05, 4.69) is 21.1 Å². The molecule has 1 amide bonds. The highest BCUT2D eigenvalue weighted by atomic mass is 79.9. The molecule has 1 fully saturated rings. The molecule has 1 aromatic heterocycles. The standard InChI is InChI=1S/C14H14BrN3O4S/c15-11-3-1-10(2-4-11)12-6-14(22-17-12)18-7-9(5-13(18)19)8-23(16,20)21/h1-4,6,9H,5,7-8H2,(H2,16,20,21). The van der Waals surface area contributed by atoms with Crippen LogP contribution in [0, 0.1) is 5.92 Å². The summed E-state index contributed by atoms with van der Waals surface area (Å²) in [5.41, 5.74) is 1.46. The van der Waals surface area contributed by atoms with Crippen LogP contribution in [-0.2, 0) is 14.8 Å². The fourth-order valence-corrected chi connectivity index (χ4v) is 3.73. The zero-order valence-electron chi connectivity index (χ0n) is 12.0. The number of anilines is 1. The summed E-state index contributed by atoms with van der Waals surface area (Å²) in [5, 5.41) is 9.01. The van der Waals surface area contributed by atoms with Gasteiger partial charge in [0.1, 0.15) is 5.69 Å². The van der Waals surface area contributed by atoms with Gasteiger partial charge in [-0.15, -0.1) is 0 Å². The number of aromatic nitrogens is 1. The number of primary sulfonamides is 1. The van der Waals surface area contributed by atoms with Crippen molar-refractivity contribution in [3.05, 3.63) is 34.8 Å². The van der Waals surface area contributed by atoms with Crippen LogP contribution in [0.25, 0.3) is 11.3 Å². The van der Waals surface area contributed by atoms with E-state index in [-0.39, 0.29) is 30.5 Å². The monoisotopic (exact) mass is 399 g/mol. The summed E-state index contributed by atoms with van der Waals surface area (Å²) in [6.07, 6.45) is 0.130. The number of nitrogens with two attached hydrogens (primary N) is 1. The van der Waals surface area contributed by atoms with Crippen LogP contribution < -0.4 is 10.0 Å². The van der Waals surface area contributed by atoms with Crippen LogP contribution in [0.1, 0.15) is 6.42 Å². The lowest BCUT2D eigenvalue weighted by atomic mass is 10.1. The summed E-state index contributed by atoms with van der Waals surface area (Å²) < 4.78 is 28.5. The predicted octanol–water partition coefficient (Wildman–Crippen LogP) is 1.75. The van der Waals surface area contributed by atoms with Gasteiger partial charge < -0.3 is 4.52 Å². The van der Waals surface area contributed by atoms with E-state index in [0.29, 0.717) is 11.6 Å². The molecule has 2 heterocycles. The van der Waals surface area contributed by atoms with Crippen molar-refractivity contribution in [2.75, 3.05) is 17.2 Å². The van der Waals surface area contributed by atoms with Crippen molar-refractivity contribution >= 4 is 37.7 Å². The molecule has 0 saturated carbocycles. The van der Waals surface area contributed by atoms with Crippen molar-refractivity contribution in [1.29, 1.82) is 0 Å². The van der Waals surface area contributed by atoms with Crippen molar-refractivity contribution in [1.82, 2.24) is 5.16 Å². The Morgan fingerprint density at radius 1 is 1.35 bits per heavy atom. The van der Waals surface area contributed by atoms with Gasteiger partial charge in [-0.3, -0.25) is 9.69 Å². The molecule has 1 aliphatic rings. The van der Waals surface area contributed by atoms with Crippen LogP contribution in [0.15, 0.2) is 39.3 Å². The zero-order valence-corrected chi connectivity index (χ0v) is 14.4. The average Bonchev–Trinajstić information content (AvgIpc) is 3.04. The van der Waals surface area contributed by atoms with Gasteiger partial charge in [0.15, 0.2) is 0 Å². The van der Waals surface area contributed by atoms with Gasteiger partial charge in [0.05, 0.1) is 5.75 Å². The third-order valence-electron chi connectivity index (χ3n) is 3.58. The number of benzene rings is 1. The topological polar surface area (TPSA) is 106 Å². The number of sulfonamides is 1. The fraction of sp³-hybridized carbons (Fsp3) is 0.286.